The zero-order valence-corrected chi connectivity index (χ0v) is 10.3. The third kappa shape index (κ3) is 2.16. The van der Waals surface area contributed by atoms with Gasteiger partial charge < -0.3 is 4.90 Å². The first-order valence-electron chi connectivity index (χ1n) is 5.33. The monoisotopic (exact) mass is 237 g/mol. The number of ketones is 1. The van der Waals surface area contributed by atoms with Crippen molar-refractivity contribution in [3.8, 4) is 0 Å². The van der Waals surface area contributed by atoms with E-state index in [1.54, 1.807) is 16.2 Å². The van der Waals surface area contributed by atoms with Gasteiger partial charge in [-0.1, -0.05) is 6.07 Å². The highest BCUT2D eigenvalue weighted by Gasteiger charge is 2.39. The van der Waals surface area contributed by atoms with E-state index in [0.29, 0.717) is 12.8 Å². The number of amides is 1. The van der Waals surface area contributed by atoms with Crippen LogP contribution in [0, 0.1) is 0 Å². The normalized spacial score (nSPS) is 19.1. The summed E-state index contributed by atoms with van der Waals surface area (Å²) >= 11 is 1.58. The number of hydrogen-bond donors (Lipinski definition) is 0. The lowest BCUT2D eigenvalue weighted by Crippen LogP contribution is -2.43. The fourth-order valence-corrected chi connectivity index (χ4v) is 2.80. The SMILES string of the molecule is CC1(C)CC(=O)CN1C(=O)Cc1cccs1. The number of thiophene rings is 1. The highest BCUT2D eigenvalue weighted by molar-refractivity contribution is 7.10. The molecule has 16 heavy (non-hydrogen) atoms. The van der Waals surface area contributed by atoms with Crippen molar-refractivity contribution in [2.24, 2.45) is 0 Å². The Bertz CT molecular complexity index is 409. The number of nitrogens with zero attached hydrogens (tertiary/aromatic N) is 1. The molecule has 0 unspecified atom stereocenters. The lowest BCUT2D eigenvalue weighted by molar-refractivity contribution is -0.134. The van der Waals surface area contributed by atoms with E-state index < -0.39 is 0 Å². The van der Waals surface area contributed by atoms with Gasteiger partial charge in [-0.05, 0) is 25.3 Å². The van der Waals surface area contributed by atoms with Crippen LogP contribution in [-0.2, 0) is 16.0 Å². The van der Waals surface area contributed by atoms with Crippen molar-refractivity contribution in [3.05, 3.63) is 22.4 Å². The van der Waals surface area contributed by atoms with E-state index >= 15 is 0 Å². The molecule has 1 aliphatic heterocycles. The third-order valence-electron chi connectivity index (χ3n) is 2.90. The van der Waals surface area contributed by atoms with Gasteiger partial charge in [0.2, 0.25) is 5.91 Å². The molecule has 0 atom stereocenters. The van der Waals surface area contributed by atoms with Gasteiger partial charge in [0.25, 0.3) is 0 Å². The molecule has 4 heteroatoms. The summed E-state index contributed by atoms with van der Waals surface area (Å²) in [4.78, 5) is 26.2. The van der Waals surface area contributed by atoms with Crippen LogP contribution in [0.1, 0.15) is 25.1 Å². The Hall–Kier alpha value is -1.16. The van der Waals surface area contributed by atoms with E-state index in [4.69, 9.17) is 0 Å². The van der Waals surface area contributed by atoms with Crippen molar-refractivity contribution in [2.45, 2.75) is 32.2 Å². The average molecular weight is 237 g/mol. The molecule has 0 aromatic carbocycles. The first kappa shape index (κ1) is 11.3. The second-order valence-corrected chi connectivity index (χ2v) is 5.80. The maximum absolute atomic E-state index is 12.1. The van der Waals surface area contributed by atoms with Crippen molar-refractivity contribution >= 4 is 23.0 Å². The second kappa shape index (κ2) is 4.01. The van der Waals surface area contributed by atoms with Gasteiger partial charge in [-0.3, -0.25) is 9.59 Å². The molecule has 1 aromatic heterocycles. The summed E-state index contributed by atoms with van der Waals surface area (Å²) < 4.78 is 0. The van der Waals surface area contributed by atoms with Gasteiger partial charge in [0.1, 0.15) is 0 Å². The van der Waals surface area contributed by atoms with Gasteiger partial charge in [0, 0.05) is 16.8 Å². The standard InChI is InChI=1S/C12H15NO2S/c1-12(2)7-9(14)8-13(12)11(15)6-10-4-3-5-16-10/h3-5H,6-8H2,1-2H3. The number of carbonyl (C=O) groups excluding carboxylic acids is 2. The summed E-state index contributed by atoms with van der Waals surface area (Å²) in [6, 6.07) is 3.89. The molecule has 1 aromatic rings. The molecular weight excluding hydrogens is 222 g/mol. The molecule has 0 N–H and O–H groups in total. The quantitative estimate of drug-likeness (QED) is 0.787. The van der Waals surface area contributed by atoms with Crippen LogP contribution in [0.25, 0.3) is 0 Å². The Morgan fingerprint density at radius 1 is 1.56 bits per heavy atom. The zero-order chi connectivity index (χ0) is 11.8. The number of likely N-dealkylation sites (tertiary alicyclic amines) is 1. The van der Waals surface area contributed by atoms with Gasteiger partial charge >= 0.3 is 0 Å². The molecule has 0 aliphatic carbocycles. The highest BCUT2D eigenvalue weighted by atomic mass is 32.1. The summed E-state index contributed by atoms with van der Waals surface area (Å²) in [6.07, 6.45) is 0.886. The molecule has 0 saturated carbocycles. The fraction of sp³-hybridized carbons (Fsp3) is 0.500. The predicted octanol–water partition coefficient (Wildman–Crippen LogP) is 1.87. The topological polar surface area (TPSA) is 37.4 Å². The molecule has 1 amide bonds. The Kier molecular flexibility index (Phi) is 2.84. The van der Waals surface area contributed by atoms with E-state index in [0.717, 1.165) is 4.88 Å². The molecule has 1 saturated heterocycles. The van der Waals surface area contributed by atoms with Crippen LogP contribution >= 0.6 is 11.3 Å². The van der Waals surface area contributed by atoms with Crippen LogP contribution in [0.3, 0.4) is 0 Å². The van der Waals surface area contributed by atoms with Crippen molar-refractivity contribution in [1.29, 1.82) is 0 Å². The molecule has 2 rings (SSSR count). The van der Waals surface area contributed by atoms with Gasteiger partial charge in [-0.15, -0.1) is 11.3 Å². The second-order valence-electron chi connectivity index (χ2n) is 4.76. The van der Waals surface area contributed by atoms with Crippen molar-refractivity contribution in [2.75, 3.05) is 6.54 Å². The summed E-state index contributed by atoms with van der Waals surface area (Å²) in [5.41, 5.74) is -0.314. The van der Waals surface area contributed by atoms with Crippen LogP contribution in [0.5, 0.6) is 0 Å². The first-order valence-corrected chi connectivity index (χ1v) is 6.21. The Balaban J connectivity index is 2.08. The van der Waals surface area contributed by atoms with Crippen molar-refractivity contribution in [3.63, 3.8) is 0 Å². The van der Waals surface area contributed by atoms with Gasteiger partial charge in [-0.2, -0.15) is 0 Å². The average Bonchev–Trinajstić information content (AvgIpc) is 2.73. The lowest BCUT2D eigenvalue weighted by Gasteiger charge is -2.30. The molecule has 1 fully saturated rings. The fourth-order valence-electron chi connectivity index (χ4n) is 2.11. The van der Waals surface area contributed by atoms with Crippen LogP contribution in [0.4, 0.5) is 0 Å². The molecular formula is C12H15NO2S. The molecule has 86 valence electrons. The lowest BCUT2D eigenvalue weighted by atomic mass is 10.0. The Labute approximate surface area is 99.1 Å². The number of Topliss-reactive ketones (excluding diaryl/α,β-unsaturated/α-hetero) is 1. The largest absolute Gasteiger partial charge is 0.329 e. The maximum Gasteiger partial charge on any atom is 0.228 e. The van der Waals surface area contributed by atoms with E-state index in [-0.39, 0.29) is 23.8 Å². The predicted molar refractivity (Wildman–Crippen MR) is 63.4 cm³/mol. The molecule has 1 aliphatic rings. The minimum absolute atomic E-state index is 0.0540. The van der Waals surface area contributed by atoms with Crippen LogP contribution in [0.2, 0.25) is 0 Å². The molecule has 3 nitrogen and oxygen atoms in total. The van der Waals surface area contributed by atoms with Gasteiger partial charge in [-0.25, -0.2) is 0 Å². The van der Waals surface area contributed by atoms with E-state index in [2.05, 4.69) is 0 Å². The summed E-state index contributed by atoms with van der Waals surface area (Å²) in [6.45, 7) is 4.17. The highest BCUT2D eigenvalue weighted by Crippen LogP contribution is 2.27. The third-order valence-corrected chi connectivity index (χ3v) is 3.78. The smallest absolute Gasteiger partial charge is 0.228 e. The summed E-state index contributed by atoms with van der Waals surface area (Å²) in [7, 11) is 0. The maximum atomic E-state index is 12.1. The minimum atomic E-state index is -0.314. The molecule has 0 bridgehead atoms. The number of hydrogen-bond acceptors (Lipinski definition) is 3. The Morgan fingerprint density at radius 3 is 2.81 bits per heavy atom. The minimum Gasteiger partial charge on any atom is -0.329 e. The van der Waals surface area contributed by atoms with Crippen molar-refractivity contribution < 1.29 is 9.59 Å². The van der Waals surface area contributed by atoms with Crippen LogP contribution in [0.15, 0.2) is 17.5 Å². The van der Waals surface area contributed by atoms with Crippen LogP contribution in [-0.4, -0.2) is 28.7 Å². The van der Waals surface area contributed by atoms with Gasteiger partial charge in [0.05, 0.1) is 13.0 Å². The number of carbonyl (C=O) groups is 2. The van der Waals surface area contributed by atoms with E-state index in [1.807, 2.05) is 31.4 Å². The van der Waals surface area contributed by atoms with Crippen LogP contribution < -0.4 is 0 Å². The molecule has 0 radical (unpaired) electrons. The zero-order valence-electron chi connectivity index (χ0n) is 9.53. The summed E-state index contributed by atoms with van der Waals surface area (Å²) in [5.74, 6) is 0.211. The molecule has 0 spiro atoms. The number of rotatable bonds is 2. The molecule has 2 heterocycles. The van der Waals surface area contributed by atoms with Crippen molar-refractivity contribution in [1.82, 2.24) is 4.90 Å². The Morgan fingerprint density at radius 2 is 2.31 bits per heavy atom. The summed E-state index contributed by atoms with van der Waals surface area (Å²) in [5, 5.41) is 1.96. The first-order chi connectivity index (χ1) is 7.49. The van der Waals surface area contributed by atoms with Gasteiger partial charge in [0.15, 0.2) is 5.78 Å². The van der Waals surface area contributed by atoms with E-state index in [9.17, 15) is 9.59 Å². The van der Waals surface area contributed by atoms with E-state index in [1.165, 1.54) is 0 Å².